The molecule has 0 radical (unpaired) electrons. The second-order valence-electron chi connectivity index (χ2n) is 2.90. The summed E-state index contributed by atoms with van der Waals surface area (Å²) in [5, 5.41) is -0.413. The Kier molecular flexibility index (Phi) is 2.12. The Morgan fingerprint density at radius 3 is 2.92 bits per heavy atom. The second-order valence-corrected chi connectivity index (χ2v) is 3.43. The number of hydrogen-bond donors (Lipinski definition) is 0. The molecular formula is C9H7ClF2O. The third kappa shape index (κ3) is 1.48. The molecule has 0 aromatic heterocycles. The molecule has 4 heteroatoms. The fourth-order valence-corrected chi connectivity index (χ4v) is 1.70. The second kappa shape index (κ2) is 3.14. The predicted molar refractivity (Wildman–Crippen MR) is 45.1 cm³/mol. The van der Waals surface area contributed by atoms with Crippen LogP contribution in [0.5, 0.6) is 5.75 Å². The zero-order valence-electron chi connectivity index (χ0n) is 6.69. The molecule has 0 saturated heterocycles. The number of rotatable bonds is 0. The molecule has 2 rings (SSSR count). The molecule has 13 heavy (non-hydrogen) atoms. The van der Waals surface area contributed by atoms with Gasteiger partial charge in [0.15, 0.2) is 0 Å². The Labute approximate surface area is 79.3 Å². The molecule has 1 aliphatic heterocycles. The summed E-state index contributed by atoms with van der Waals surface area (Å²) in [6, 6.07) is 1.98. The normalized spacial score (nSPS) is 20.7. The summed E-state index contributed by atoms with van der Waals surface area (Å²) in [5.74, 6) is -1.04. The quantitative estimate of drug-likeness (QED) is 0.591. The molecule has 0 aliphatic carbocycles. The maximum Gasteiger partial charge on any atom is 0.134 e. The molecular weight excluding hydrogens is 198 g/mol. The molecule has 0 spiro atoms. The van der Waals surface area contributed by atoms with E-state index in [9.17, 15) is 8.78 Å². The predicted octanol–water partition coefficient (Wildman–Crippen LogP) is 3.03. The highest BCUT2D eigenvalue weighted by molar-refractivity contribution is 6.21. The maximum atomic E-state index is 13.2. The molecule has 1 aliphatic rings. The zero-order chi connectivity index (χ0) is 9.42. The molecule has 0 fully saturated rings. The van der Waals surface area contributed by atoms with Gasteiger partial charge in [-0.1, -0.05) is 0 Å². The molecule has 1 atom stereocenters. The summed E-state index contributed by atoms with van der Waals surface area (Å²) in [7, 11) is 0. The average molecular weight is 205 g/mol. The van der Waals surface area contributed by atoms with Crippen molar-refractivity contribution >= 4 is 11.6 Å². The fourth-order valence-electron chi connectivity index (χ4n) is 1.40. The van der Waals surface area contributed by atoms with Crippen molar-refractivity contribution in [1.29, 1.82) is 0 Å². The van der Waals surface area contributed by atoms with Crippen LogP contribution in [0.4, 0.5) is 8.78 Å². The van der Waals surface area contributed by atoms with Gasteiger partial charge in [-0.3, -0.25) is 0 Å². The first-order valence-electron chi connectivity index (χ1n) is 3.94. The fraction of sp³-hybridized carbons (Fsp3) is 0.333. The van der Waals surface area contributed by atoms with E-state index >= 15 is 0 Å². The molecule has 0 amide bonds. The Morgan fingerprint density at radius 2 is 2.15 bits per heavy atom. The topological polar surface area (TPSA) is 9.23 Å². The van der Waals surface area contributed by atoms with Crippen molar-refractivity contribution in [3.8, 4) is 5.75 Å². The molecule has 0 N–H and O–H groups in total. The first-order chi connectivity index (χ1) is 6.18. The highest BCUT2D eigenvalue weighted by atomic mass is 35.5. The van der Waals surface area contributed by atoms with Gasteiger partial charge in [0.25, 0.3) is 0 Å². The molecule has 0 saturated carbocycles. The van der Waals surface area contributed by atoms with E-state index in [0.29, 0.717) is 13.0 Å². The van der Waals surface area contributed by atoms with Crippen molar-refractivity contribution in [2.24, 2.45) is 0 Å². The lowest BCUT2D eigenvalue weighted by Crippen LogP contribution is -2.12. The molecule has 1 aromatic rings. The number of hydrogen-bond acceptors (Lipinski definition) is 1. The Morgan fingerprint density at radius 1 is 1.38 bits per heavy atom. The van der Waals surface area contributed by atoms with Crippen LogP contribution in [0, 0.1) is 11.6 Å². The third-order valence-electron chi connectivity index (χ3n) is 2.00. The van der Waals surface area contributed by atoms with Crippen molar-refractivity contribution in [3.05, 3.63) is 29.3 Å². The first-order valence-corrected chi connectivity index (χ1v) is 4.38. The van der Waals surface area contributed by atoms with E-state index in [0.717, 1.165) is 12.1 Å². The van der Waals surface area contributed by atoms with Crippen LogP contribution in [0.15, 0.2) is 12.1 Å². The SMILES string of the molecule is Fc1cc(F)c2c(c1)OCCC2Cl. The largest absolute Gasteiger partial charge is 0.493 e. The minimum absolute atomic E-state index is 0.226. The van der Waals surface area contributed by atoms with Gasteiger partial charge in [-0.05, 0) is 0 Å². The molecule has 1 aromatic carbocycles. The minimum atomic E-state index is -0.637. The molecule has 1 nitrogen and oxygen atoms in total. The van der Waals surface area contributed by atoms with Crippen molar-refractivity contribution in [2.75, 3.05) is 6.61 Å². The third-order valence-corrected chi connectivity index (χ3v) is 2.43. The van der Waals surface area contributed by atoms with Gasteiger partial charge >= 0.3 is 0 Å². The Balaban J connectivity index is 2.56. The summed E-state index contributed by atoms with van der Waals surface area (Å²) in [6.45, 7) is 0.407. The lowest BCUT2D eigenvalue weighted by atomic mass is 10.1. The number of halogens is 3. The lowest BCUT2D eigenvalue weighted by molar-refractivity contribution is 0.278. The molecule has 70 valence electrons. The van der Waals surface area contributed by atoms with E-state index in [1.807, 2.05) is 0 Å². The average Bonchev–Trinajstić information content (AvgIpc) is 2.02. The molecule has 0 bridgehead atoms. The number of alkyl halides is 1. The van der Waals surface area contributed by atoms with Crippen LogP contribution >= 0.6 is 11.6 Å². The summed E-state index contributed by atoms with van der Waals surface area (Å²) in [5.41, 5.74) is 0.273. The zero-order valence-corrected chi connectivity index (χ0v) is 7.44. The van der Waals surface area contributed by atoms with Crippen molar-refractivity contribution in [2.45, 2.75) is 11.8 Å². The van der Waals surface area contributed by atoms with Gasteiger partial charge in [-0.25, -0.2) is 8.78 Å². The minimum Gasteiger partial charge on any atom is -0.493 e. The van der Waals surface area contributed by atoms with Gasteiger partial charge in [-0.15, -0.1) is 11.6 Å². The summed E-state index contributed by atoms with van der Waals surface area (Å²) in [6.07, 6.45) is 0.553. The monoisotopic (exact) mass is 204 g/mol. The van der Waals surface area contributed by atoms with E-state index in [-0.39, 0.29) is 11.3 Å². The van der Waals surface area contributed by atoms with Gasteiger partial charge in [0.05, 0.1) is 12.0 Å². The highest BCUT2D eigenvalue weighted by Crippen LogP contribution is 2.38. The maximum absolute atomic E-state index is 13.2. The van der Waals surface area contributed by atoms with E-state index in [1.165, 1.54) is 0 Å². The summed E-state index contributed by atoms with van der Waals surface area (Å²) < 4.78 is 31.0. The molecule has 1 heterocycles. The van der Waals surface area contributed by atoms with Gasteiger partial charge < -0.3 is 4.74 Å². The standard InChI is InChI=1S/C9H7ClF2O/c10-6-1-2-13-8-4-5(11)3-7(12)9(6)8/h3-4,6H,1-2H2. The number of benzene rings is 1. The van der Waals surface area contributed by atoms with Gasteiger partial charge in [0, 0.05) is 24.1 Å². The van der Waals surface area contributed by atoms with Crippen LogP contribution in [0.25, 0.3) is 0 Å². The lowest BCUT2D eigenvalue weighted by Gasteiger charge is -2.21. The van der Waals surface area contributed by atoms with Crippen LogP contribution in [-0.2, 0) is 0 Å². The van der Waals surface area contributed by atoms with Crippen molar-refractivity contribution in [1.82, 2.24) is 0 Å². The van der Waals surface area contributed by atoms with Gasteiger partial charge in [0.1, 0.15) is 17.4 Å². The smallest absolute Gasteiger partial charge is 0.134 e. The summed E-state index contributed by atoms with van der Waals surface area (Å²) >= 11 is 5.86. The Bertz CT molecular complexity index is 341. The van der Waals surface area contributed by atoms with E-state index in [2.05, 4.69) is 0 Å². The highest BCUT2D eigenvalue weighted by Gasteiger charge is 2.24. The van der Waals surface area contributed by atoms with Crippen LogP contribution in [0.3, 0.4) is 0 Å². The van der Waals surface area contributed by atoms with Crippen LogP contribution in [0.2, 0.25) is 0 Å². The van der Waals surface area contributed by atoms with Crippen molar-refractivity contribution in [3.63, 3.8) is 0 Å². The molecule has 1 unspecified atom stereocenters. The first kappa shape index (κ1) is 8.75. The van der Waals surface area contributed by atoms with E-state index in [1.54, 1.807) is 0 Å². The Hall–Kier alpha value is -0.830. The summed E-state index contributed by atoms with van der Waals surface area (Å²) in [4.78, 5) is 0. The van der Waals surface area contributed by atoms with E-state index < -0.39 is 17.0 Å². The number of fused-ring (bicyclic) bond motifs is 1. The van der Waals surface area contributed by atoms with E-state index in [4.69, 9.17) is 16.3 Å². The van der Waals surface area contributed by atoms with Crippen LogP contribution in [0.1, 0.15) is 17.4 Å². The number of ether oxygens (including phenoxy) is 1. The van der Waals surface area contributed by atoms with Crippen molar-refractivity contribution < 1.29 is 13.5 Å². The van der Waals surface area contributed by atoms with Gasteiger partial charge in [0.2, 0.25) is 0 Å². The van der Waals surface area contributed by atoms with Crippen LogP contribution < -0.4 is 4.74 Å². The van der Waals surface area contributed by atoms with Crippen LogP contribution in [-0.4, -0.2) is 6.61 Å². The van der Waals surface area contributed by atoms with Gasteiger partial charge in [-0.2, -0.15) is 0 Å².